The first-order chi connectivity index (χ1) is 13.3. The number of benzene rings is 2. The second-order valence-electron chi connectivity index (χ2n) is 5.78. The number of carbonyl (C=O) groups excluding carboxylic acids is 2. The number of sulfonamides is 1. The highest BCUT2D eigenvalue weighted by molar-refractivity contribution is 9.10. The monoisotopic (exact) mass is 468 g/mol. The molecule has 1 amide bonds. The summed E-state index contributed by atoms with van der Waals surface area (Å²) < 4.78 is 33.0. The lowest BCUT2D eigenvalue weighted by atomic mass is 10.2. The maximum atomic E-state index is 12.4. The molecule has 0 saturated carbocycles. The summed E-state index contributed by atoms with van der Waals surface area (Å²) in [6.07, 6.45) is 0. The Morgan fingerprint density at radius 3 is 2.11 bits per heavy atom. The molecular weight excluding hydrogens is 448 g/mol. The van der Waals surface area contributed by atoms with Crippen molar-refractivity contribution in [2.75, 3.05) is 24.4 Å². The van der Waals surface area contributed by atoms with Crippen LogP contribution in [-0.2, 0) is 19.6 Å². The van der Waals surface area contributed by atoms with Gasteiger partial charge in [-0.25, -0.2) is 13.2 Å². The van der Waals surface area contributed by atoms with E-state index in [1.807, 2.05) is 13.8 Å². The third-order valence-electron chi connectivity index (χ3n) is 3.94. The zero-order chi connectivity index (χ0) is 20.7. The minimum absolute atomic E-state index is 0.120. The molecule has 0 aliphatic carbocycles. The summed E-state index contributed by atoms with van der Waals surface area (Å²) in [6, 6.07) is 12.0. The van der Waals surface area contributed by atoms with Gasteiger partial charge in [-0.15, -0.1) is 0 Å². The molecule has 0 heterocycles. The van der Waals surface area contributed by atoms with Crippen molar-refractivity contribution in [3.8, 4) is 0 Å². The Morgan fingerprint density at radius 2 is 1.57 bits per heavy atom. The Morgan fingerprint density at radius 1 is 1.00 bits per heavy atom. The van der Waals surface area contributed by atoms with Crippen LogP contribution in [0, 0.1) is 0 Å². The summed E-state index contributed by atoms with van der Waals surface area (Å²) in [5.74, 6) is -0.917. The predicted molar refractivity (Wildman–Crippen MR) is 110 cm³/mol. The smallest absolute Gasteiger partial charge is 0.338 e. The molecule has 0 unspecified atom stereocenters. The number of amides is 1. The van der Waals surface area contributed by atoms with E-state index in [9.17, 15) is 18.0 Å². The molecular formula is C19H21BrN2O5S. The van der Waals surface area contributed by atoms with Crippen molar-refractivity contribution >= 4 is 43.5 Å². The van der Waals surface area contributed by atoms with Gasteiger partial charge in [0.1, 0.15) is 0 Å². The van der Waals surface area contributed by atoms with Gasteiger partial charge in [-0.05, 0) is 62.4 Å². The summed E-state index contributed by atoms with van der Waals surface area (Å²) >= 11 is 3.26. The van der Waals surface area contributed by atoms with Gasteiger partial charge in [0, 0.05) is 23.2 Å². The first-order valence-corrected chi connectivity index (χ1v) is 10.9. The standard InChI is InChI=1S/C19H21BrN2O5S/c1-3-22(4-2)18(23)13-27-19(24)14-5-9-16(10-6-14)21-28(25,26)17-11-7-15(20)8-12-17/h5-12,21H,3-4,13H2,1-2H3. The number of hydrogen-bond donors (Lipinski definition) is 1. The quantitative estimate of drug-likeness (QED) is 0.600. The normalized spacial score (nSPS) is 11.0. The van der Waals surface area contributed by atoms with Gasteiger partial charge in [0.05, 0.1) is 10.5 Å². The summed E-state index contributed by atoms with van der Waals surface area (Å²) in [6.45, 7) is 4.44. The molecule has 0 atom stereocenters. The van der Waals surface area contributed by atoms with Crippen LogP contribution in [0.15, 0.2) is 57.9 Å². The van der Waals surface area contributed by atoms with Gasteiger partial charge in [0.15, 0.2) is 6.61 Å². The number of esters is 1. The van der Waals surface area contributed by atoms with Crippen LogP contribution in [0.1, 0.15) is 24.2 Å². The van der Waals surface area contributed by atoms with E-state index in [-0.39, 0.29) is 23.0 Å². The Balaban J connectivity index is 2.00. The topological polar surface area (TPSA) is 92.8 Å². The summed E-state index contributed by atoms with van der Waals surface area (Å²) in [7, 11) is -3.74. The van der Waals surface area contributed by atoms with Crippen LogP contribution in [0.3, 0.4) is 0 Å². The predicted octanol–water partition coefficient (Wildman–Crippen LogP) is 3.28. The molecule has 0 spiro atoms. The molecule has 2 aromatic carbocycles. The second kappa shape index (κ2) is 9.70. The number of likely N-dealkylation sites (N-methyl/N-ethyl adjacent to an activating group) is 1. The number of hydrogen-bond acceptors (Lipinski definition) is 5. The Bertz CT molecular complexity index is 924. The van der Waals surface area contributed by atoms with Crippen LogP contribution in [0.5, 0.6) is 0 Å². The van der Waals surface area contributed by atoms with E-state index in [4.69, 9.17) is 4.74 Å². The first-order valence-electron chi connectivity index (χ1n) is 8.60. The Hall–Kier alpha value is -2.39. The van der Waals surface area contributed by atoms with E-state index in [0.29, 0.717) is 18.8 Å². The van der Waals surface area contributed by atoms with Crippen molar-refractivity contribution < 1.29 is 22.7 Å². The van der Waals surface area contributed by atoms with Gasteiger partial charge in [-0.1, -0.05) is 15.9 Å². The third-order valence-corrected chi connectivity index (χ3v) is 5.87. The Labute approximate surface area is 172 Å². The highest BCUT2D eigenvalue weighted by Crippen LogP contribution is 2.19. The molecule has 0 aromatic heterocycles. The fourth-order valence-electron chi connectivity index (χ4n) is 2.38. The lowest BCUT2D eigenvalue weighted by molar-refractivity contribution is -0.134. The minimum Gasteiger partial charge on any atom is -0.452 e. The number of halogens is 1. The Kier molecular flexibility index (Phi) is 7.59. The molecule has 150 valence electrons. The van der Waals surface area contributed by atoms with Gasteiger partial charge in [0.25, 0.3) is 15.9 Å². The number of anilines is 1. The molecule has 0 aliphatic heterocycles. The van der Waals surface area contributed by atoms with Crippen LogP contribution in [-0.4, -0.2) is 44.9 Å². The van der Waals surface area contributed by atoms with Crippen LogP contribution < -0.4 is 4.72 Å². The highest BCUT2D eigenvalue weighted by atomic mass is 79.9. The maximum Gasteiger partial charge on any atom is 0.338 e. The molecule has 7 nitrogen and oxygen atoms in total. The fraction of sp³-hybridized carbons (Fsp3) is 0.263. The molecule has 0 saturated heterocycles. The summed E-state index contributed by atoms with van der Waals surface area (Å²) in [5, 5.41) is 0. The lowest BCUT2D eigenvalue weighted by Crippen LogP contribution is -2.34. The molecule has 0 aliphatic rings. The molecule has 28 heavy (non-hydrogen) atoms. The molecule has 2 aromatic rings. The summed E-state index contributed by atoms with van der Waals surface area (Å²) in [4.78, 5) is 25.6. The van der Waals surface area contributed by atoms with Gasteiger partial charge >= 0.3 is 5.97 Å². The molecule has 0 radical (unpaired) electrons. The average Bonchev–Trinajstić information content (AvgIpc) is 2.67. The van der Waals surface area contributed by atoms with Crippen molar-refractivity contribution in [1.82, 2.24) is 4.90 Å². The summed E-state index contributed by atoms with van der Waals surface area (Å²) in [5.41, 5.74) is 0.526. The molecule has 1 N–H and O–H groups in total. The SMILES string of the molecule is CCN(CC)C(=O)COC(=O)c1ccc(NS(=O)(=O)c2ccc(Br)cc2)cc1. The number of nitrogens with zero attached hydrogens (tertiary/aromatic N) is 1. The largest absolute Gasteiger partial charge is 0.452 e. The third kappa shape index (κ3) is 5.80. The molecule has 2 rings (SSSR count). The van der Waals surface area contributed by atoms with Crippen molar-refractivity contribution in [2.24, 2.45) is 0 Å². The van der Waals surface area contributed by atoms with Crippen LogP contribution in [0.2, 0.25) is 0 Å². The lowest BCUT2D eigenvalue weighted by Gasteiger charge is -2.18. The maximum absolute atomic E-state index is 12.4. The minimum atomic E-state index is -3.74. The van der Waals surface area contributed by atoms with E-state index in [1.165, 1.54) is 36.4 Å². The van der Waals surface area contributed by atoms with E-state index < -0.39 is 16.0 Å². The second-order valence-corrected chi connectivity index (χ2v) is 8.38. The van der Waals surface area contributed by atoms with Gasteiger partial charge in [0.2, 0.25) is 0 Å². The van der Waals surface area contributed by atoms with Crippen LogP contribution >= 0.6 is 15.9 Å². The molecule has 0 bridgehead atoms. The van der Waals surface area contributed by atoms with E-state index in [0.717, 1.165) is 4.47 Å². The molecule has 0 fully saturated rings. The van der Waals surface area contributed by atoms with E-state index >= 15 is 0 Å². The number of nitrogens with one attached hydrogen (secondary N) is 1. The highest BCUT2D eigenvalue weighted by Gasteiger charge is 2.16. The number of ether oxygens (including phenoxy) is 1. The van der Waals surface area contributed by atoms with Gasteiger partial charge < -0.3 is 9.64 Å². The van der Waals surface area contributed by atoms with Crippen molar-refractivity contribution in [3.05, 3.63) is 58.6 Å². The zero-order valence-electron chi connectivity index (χ0n) is 15.5. The van der Waals surface area contributed by atoms with Crippen LogP contribution in [0.4, 0.5) is 5.69 Å². The zero-order valence-corrected chi connectivity index (χ0v) is 17.9. The van der Waals surface area contributed by atoms with E-state index in [1.54, 1.807) is 17.0 Å². The first kappa shape index (κ1) is 21.9. The average molecular weight is 469 g/mol. The van der Waals surface area contributed by atoms with Gasteiger partial charge in [-0.3, -0.25) is 9.52 Å². The number of rotatable bonds is 8. The fourth-order valence-corrected chi connectivity index (χ4v) is 3.70. The van der Waals surface area contributed by atoms with E-state index in [2.05, 4.69) is 20.7 Å². The van der Waals surface area contributed by atoms with Crippen LogP contribution in [0.25, 0.3) is 0 Å². The van der Waals surface area contributed by atoms with Crippen molar-refractivity contribution in [2.45, 2.75) is 18.7 Å². The van der Waals surface area contributed by atoms with Crippen molar-refractivity contribution in [1.29, 1.82) is 0 Å². The number of carbonyl (C=O) groups is 2. The van der Waals surface area contributed by atoms with Crippen molar-refractivity contribution in [3.63, 3.8) is 0 Å². The van der Waals surface area contributed by atoms with Gasteiger partial charge in [-0.2, -0.15) is 0 Å². The molecule has 9 heteroatoms.